The highest BCUT2D eigenvalue weighted by molar-refractivity contribution is 6.02. The van der Waals surface area contributed by atoms with Gasteiger partial charge in [0.05, 0.1) is 0 Å². The number of esters is 1. The molecule has 0 aliphatic rings. The molecule has 2 aromatic rings. The van der Waals surface area contributed by atoms with Crippen LogP contribution in [0.2, 0.25) is 0 Å². The average molecular weight is 311 g/mol. The molecule has 0 heterocycles. The van der Waals surface area contributed by atoms with Gasteiger partial charge >= 0.3 is 5.97 Å². The van der Waals surface area contributed by atoms with Gasteiger partial charge in [0.1, 0.15) is 0 Å². The first-order valence-corrected chi connectivity index (χ1v) is 7.09. The SMILES string of the molecule is CC(=O)NC(=O)C(OC(C)=O)(c1ccccc1)c1ccccc1. The van der Waals surface area contributed by atoms with Crippen LogP contribution in [0.25, 0.3) is 0 Å². The van der Waals surface area contributed by atoms with Gasteiger partial charge < -0.3 is 4.74 Å². The molecule has 0 fully saturated rings. The predicted molar refractivity (Wildman–Crippen MR) is 84.3 cm³/mol. The zero-order valence-electron chi connectivity index (χ0n) is 12.9. The highest BCUT2D eigenvalue weighted by Crippen LogP contribution is 2.34. The Balaban J connectivity index is 2.70. The second kappa shape index (κ2) is 6.87. The van der Waals surface area contributed by atoms with E-state index in [9.17, 15) is 14.4 Å². The quantitative estimate of drug-likeness (QED) is 0.878. The highest BCUT2D eigenvalue weighted by atomic mass is 16.6. The number of carbonyl (C=O) groups excluding carboxylic acids is 3. The zero-order chi connectivity index (χ0) is 16.9. The van der Waals surface area contributed by atoms with Crippen molar-refractivity contribution in [2.45, 2.75) is 19.4 Å². The fourth-order valence-electron chi connectivity index (χ4n) is 2.40. The van der Waals surface area contributed by atoms with Gasteiger partial charge in [-0.2, -0.15) is 0 Å². The summed E-state index contributed by atoms with van der Waals surface area (Å²) in [4.78, 5) is 35.9. The molecule has 0 saturated heterocycles. The summed E-state index contributed by atoms with van der Waals surface area (Å²) in [7, 11) is 0. The molecule has 0 atom stereocenters. The lowest BCUT2D eigenvalue weighted by Gasteiger charge is -2.32. The number of carbonyl (C=O) groups is 3. The van der Waals surface area contributed by atoms with E-state index in [-0.39, 0.29) is 0 Å². The number of rotatable bonds is 4. The Morgan fingerprint density at radius 3 is 1.61 bits per heavy atom. The van der Waals surface area contributed by atoms with E-state index in [0.717, 1.165) is 0 Å². The van der Waals surface area contributed by atoms with Crippen LogP contribution in [0.3, 0.4) is 0 Å². The lowest BCUT2D eigenvalue weighted by atomic mass is 9.85. The first-order chi connectivity index (χ1) is 11.0. The summed E-state index contributed by atoms with van der Waals surface area (Å²) in [6.07, 6.45) is 0. The Morgan fingerprint density at radius 2 is 1.26 bits per heavy atom. The third-order valence-corrected chi connectivity index (χ3v) is 3.27. The Kier molecular flexibility index (Phi) is 4.91. The van der Waals surface area contributed by atoms with Crippen molar-refractivity contribution in [3.8, 4) is 0 Å². The first kappa shape index (κ1) is 16.4. The minimum atomic E-state index is -1.72. The second-order valence-electron chi connectivity index (χ2n) is 5.02. The van der Waals surface area contributed by atoms with Gasteiger partial charge in [-0.1, -0.05) is 60.7 Å². The molecule has 118 valence electrons. The summed E-state index contributed by atoms with van der Waals surface area (Å²) in [5.74, 6) is -1.87. The van der Waals surface area contributed by atoms with Crippen LogP contribution in [-0.2, 0) is 24.7 Å². The van der Waals surface area contributed by atoms with Crippen molar-refractivity contribution < 1.29 is 19.1 Å². The topological polar surface area (TPSA) is 72.5 Å². The monoisotopic (exact) mass is 311 g/mol. The van der Waals surface area contributed by atoms with Gasteiger partial charge in [-0.05, 0) is 0 Å². The van der Waals surface area contributed by atoms with Crippen molar-refractivity contribution in [2.75, 3.05) is 0 Å². The fourth-order valence-corrected chi connectivity index (χ4v) is 2.40. The molecule has 0 bridgehead atoms. The lowest BCUT2D eigenvalue weighted by Crippen LogP contribution is -2.49. The predicted octanol–water partition coefficient (Wildman–Crippen LogP) is 2.16. The molecule has 0 aromatic heterocycles. The maximum Gasteiger partial charge on any atom is 0.304 e. The Hall–Kier alpha value is -2.95. The van der Waals surface area contributed by atoms with Gasteiger partial charge in [-0.25, -0.2) is 0 Å². The maximum absolute atomic E-state index is 12.8. The standard InChI is InChI=1S/C18H17NO4/c1-13(20)19-17(22)18(23-14(2)21,15-9-5-3-6-10-15)16-11-7-4-8-12-16/h3-12H,1-2H3,(H,19,20,22). The van der Waals surface area contributed by atoms with Crippen molar-refractivity contribution in [1.29, 1.82) is 0 Å². The van der Waals surface area contributed by atoms with Crippen LogP contribution in [0.4, 0.5) is 0 Å². The summed E-state index contributed by atoms with van der Waals surface area (Å²) < 4.78 is 5.47. The Labute approximate surface area is 134 Å². The van der Waals surface area contributed by atoms with Crippen LogP contribution in [0.5, 0.6) is 0 Å². The molecule has 5 heteroatoms. The molecule has 0 aliphatic heterocycles. The molecular weight excluding hydrogens is 294 g/mol. The molecule has 2 amide bonds. The number of hydrogen-bond acceptors (Lipinski definition) is 4. The molecule has 0 radical (unpaired) electrons. The van der Waals surface area contributed by atoms with E-state index in [1.807, 2.05) is 0 Å². The Bertz CT molecular complexity index is 671. The molecule has 5 nitrogen and oxygen atoms in total. The molecule has 0 spiro atoms. The van der Waals surface area contributed by atoms with Crippen LogP contribution in [0.15, 0.2) is 60.7 Å². The van der Waals surface area contributed by atoms with E-state index in [2.05, 4.69) is 5.32 Å². The van der Waals surface area contributed by atoms with Crippen LogP contribution >= 0.6 is 0 Å². The van der Waals surface area contributed by atoms with Crippen LogP contribution in [-0.4, -0.2) is 17.8 Å². The summed E-state index contributed by atoms with van der Waals surface area (Å²) >= 11 is 0. The number of amides is 2. The van der Waals surface area contributed by atoms with Gasteiger partial charge in [0.2, 0.25) is 11.5 Å². The second-order valence-corrected chi connectivity index (χ2v) is 5.02. The van der Waals surface area contributed by atoms with Crippen molar-refractivity contribution in [3.63, 3.8) is 0 Å². The fraction of sp³-hybridized carbons (Fsp3) is 0.167. The van der Waals surface area contributed by atoms with Crippen molar-refractivity contribution in [3.05, 3.63) is 71.8 Å². The van der Waals surface area contributed by atoms with Crippen LogP contribution in [0.1, 0.15) is 25.0 Å². The van der Waals surface area contributed by atoms with Crippen molar-refractivity contribution in [1.82, 2.24) is 5.32 Å². The Morgan fingerprint density at radius 1 is 0.826 bits per heavy atom. The molecule has 23 heavy (non-hydrogen) atoms. The number of nitrogens with one attached hydrogen (secondary N) is 1. The molecule has 0 aliphatic carbocycles. The van der Waals surface area contributed by atoms with Gasteiger partial charge in [-0.15, -0.1) is 0 Å². The average Bonchev–Trinajstić information content (AvgIpc) is 2.53. The van der Waals surface area contributed by atoms with Crippen LogP contribution in [0, 0.1) is 0 Å². The third-order valence-electron chi connectivity index (χ3n) is 3.27. The minimum Gasteiger partial charge on any atom is -0.439 e. The van der Waals surface area contributed by atoms with E-state index >= 15 is 0 Å². The van der Waals surface area contributed by atoms with Crippen molar-refractivity contribution in [2.24, 2.45) is 0 Å². The minimum absolute atomic E-state index is 0.458. The zero-order valence-corrected chi connectivity index (χ0v) is 12.9. The number of imide groups is 1. The molecule has 1 N–H and O–H groups in total. The maximum atomic E-state index is 12.8. The normalized spacial score (nSPS) is 10.7. The van der Waals surface area contributed by atoms with Gasteiger partial charge in [0.25, 0.3) is 5.91 Å². The number of ether oxygens (including phenoxy) is 1. The van der Waals surface area contributed by atoms with E-state index in [4.69, 9.17) is 4.74 Å². The smallest absolute Gasteiger partial charge is 0.304 e. The molecule has 0 unspecified atom stereocenters. The largest absolute Gasteiger partial charge is 0.439 e. The third kappa shape index (κ3) is 3.45. The number of hydrogen-bond donors (Lipinski definition) is 1. The summed E-state index contributed by atoms with van der Waals surface area (Å²) in [6.45, 7) is 2.45. The van der Waals surface area contributed by atoms with Gasteiger partial charge in [0.15, 0.2) is 0 Å². The summed E-state index contributed by atoms with van der Waals surface area (Å²) in [6, 6.07) is 17.2. The molecule has 2 rings (SSSR count). The first-order valence-electron chi connectivity index (χ1n) is 7.09. The molecule has 0 saturated carbocycles. The molecule has 2 aromatic carbocycles. The van der Waals surface area contributed by atoms with E-state index in [0.29, 0.717) is 11.1 Å². The van der Waals surface area contributed by atoms with Gasteiger partial charge in [0, 0.05) is 25.0 Å². The van der Waals surface area contributed by atoms with Crippen molar-refractivity contribution >= 4 is 17.8 Å². The number of benzene rings is 2. The van der Waals surface area contributed by atoms with E-state index in [1.165, 1.54) is 13.8 Å². The van der Waals surface area contributed by atoms with Gasteiger partial charge in [-0.3, -0.25) is 19.7 Å². The van der Waals surface area contributed by atoms with E-state index in [1.54, 1.807) is 60.7 Å². The summed E-state index contributed by atoms with van der Waals surface area (Å²) in [5.41, 5.74) is -0.805. The molecular formula is C18H17NO4. The lowest BCUT2D eigenvalue weighted by molar-refractivity contribution is -0.164. The highest BCUT2D eigenvalue weighted by Gasteiger charge is 2.46. The summed E-state index contributed by atoms with van der Waals surface area (Å²) in [5, 5.41) is 2.23. The van der Waals surface area contributed by atoms with E-state index < -0.39 is 23.4 Å². The van der Waals surface area contributed by atoms with Crippen LogP contribution < -0.4 is 5.32 Å².